The number of nitrogens with one attached hydrogen (secondary N) is 1. The summed E-state index contributed by atoms with van der Waals surface area (Å²) in [5, 5.41) is 9.94. The third kappa shape index (κ3) is 4.15. The third-order valence-electron chi connectivity index (χ3n) is 5.84. The Kier molecular flexibility index (Phi) is 5.72. The predicted molar refractivity (Wildman–Crippen MR) is 118 cm³/mol. The molecule has 0 unspecified atom stereocenters. The summed E-state index contributed by atoms with van der Waals surface area (Å²) in [6.45, 7) is 4.32. The number of para-hydroxylation sites is 1. The van der Waals surface area contributed by atoms with Gasteiger partial charge in [0.2, 0.25) is 5.91 Å². The van der Waals surface area contributed by atoms with Gasteiger partial charge in [0, 0.05) is 38.3 Å². The van der Waals surface area contributed by atoms with Crippen molar-refractivity contribution in [3.05, 3.63) is 75.5 Å². The number of amides is 1. The first-order valence-electron chi connectivity index (χ1n) is 10.3. The summed E-state index contributed by atoms with van der Waals surface area (Å²) in [5.41, 5.74) is 2.51. The van der Waals surface area contributed by atoms with Crippen LogP contribution >= 0.6 is 0 Å². The highest BCUT2D eigenvalue weighted by atomic mass is 19.1. The van der Waals surface area contributed by atoms with Gasteiger partial charge in [-0.2, -0.15) is 5.26 Å². The van der Waals surface area contributed by atoms with Crippen molar-refractivity contribution >= 4 is 22.4 Å². The molecule has 7 heteroatoms. The van der Waals surface area contributed by atoms with Crippen molar-refractivity contribution in [1.29, 1.82) is 5.26 Å². The van der Waals surface area contributed by atoms with Gasteiger partial charge in [0.05, 0.1) is 16.6 Å². The number of anilines is 1. The molecule has 0 aliphatic carbocycles. The highest BCUT2D eigenvalue weighted by Gasteiger charge is 2.22. The number of aromatic amines is 1. The van der Waals surface area contributed by atoms with E-state index in [1.54, 1.807) is 18.2 Å². The molecule has 1 aromatic heterocycles. The predicted octanol–water partition coefficient (Wildman–Crippen LogP) is 3.13. The van der Waals surface area contributed by atoms with Gasteiger partial charge in [0.25, 0.3) is 5.56 Å². The number of nitriles is 1. The summed E-state index contributed by atoms with van der Waals surface area (Å²) in [5.74, 6) is -0.523. The molecule has 158 valence electrons. The van der Waals surface area contributed by atoms with E-state index in [1.807, 2.05) is 30.0 Å². The van der Waals surface area contributed by atoms with Gasteiger partial charge in [-0.3, -0.25) is 9.59 Å². The zero-order valence-electron chi connectivity index (χ0n) is 17.3. The minimum Gasteiger partial charge on any atom is -0.367 e. The summed E-state index contributed by atoms with van der Waals surface area (Å²) in [6.07, 6.45) is 0.655. The molecule has 1 aliphatic rings. The second kappa shape index (κ2) is 8.60. The number of carbonyl (C=O) groups excluding carboxylic acids is 1. The van der Waals surface area contributed by atoms with E-state index in [-0.39, 0.29) is 17.7 Å². The molecule has 1 fully saturated rings. The van der Waals surface area contributed by atoms with Crippen LogP contribution in [0.4, 0.5) is 10.1 Å². The SMILES string of the molecule is Cc1ccc(F)c2c(=O)[nH]c(CCC(=O)N3CCN(c4ccccc4C#N)CC3)cc12. The molecule has 3 aromatic rings. The van der Waals surface area contributed by atoms with Crippen LogP contribution in [-0.2, 0) is 11.2 Å². The van der Waals surface area contributed by atoms with Crippen molar-refractivity contribution in [2.75, 3.05) is 31.1 Å². The Balaban J connectivity index is 1.40. The van der Waals surface area contributed by atoms with E-state index in [0.717, 1.165) is 11.3 Å². The number of H-pyrrole nitrogens is 1. The van der Waals surface area contributed by atoms with Crippen LogP contribution in [-0.4, -0.2) is 42.0 Å². The molecule has 4 rings (SSSR count). The van der Waals surface area contributed by atoms with Gasteiger partial charge in [-0.15, -0.1) is 0 Å². The quantitative estimate of drug-likeness (QED) is 0.706. The number of rotatable bonds is 4. The molecule has 0 bridgehead atoms. The summed E-state index contributed by atoms with van der Waals surface area (Å²) in [6, 6.07) is 14.4. The van der Waals surface area contributed by atoms with Crippen LogP contribution < -0.4 is 10.5 Å². The average molecular weight is 418 g/mol. The zero-order chi connectivity index (χ0) is 22.0. The van der Waals surface area contributed by atoms with Crippen LogP contribution in [0, 0.1) is 24.1 Å². The van der Waals surface area contributed by atoms with Gasteiger partial charge in [-0.1, -0.05) is 18.2 Å². The van der Waals surface area contributed by atoms with Crippen LogP contribution in [0.5, 0.6) is 0 Å². The fourth-order valence-corrected chi connectivity index (χ4v) is 4.11. The number of benzene rings is 2. The molecule has 31 heavy (non-hydrogen) atoms. The van der Waals surface area contributed by atoms with E-state index < -0.39 is 11.4 Å². The van der Waals surface area contributed by atoms with Crippen LogP contribution in [0.1, 0.15) is 23.2 Å². The van der Waals surface area contributed by atoms with Crippen molar-refractivity contribution < 1.29 is 9.18 Å². The fraction of sp³-hybridized carbons (Fsp3) is 0.292. The van der Waals surface area contributed by atoms with E-state index in [9.17, 15) is 19.2 Å². The van der Waals surface area contributed by atoms with Gasteiger partial charge in [-0.05, 0) is 48.6 Å². The Hall–Kier alpha value is -3.66. The lowest BCUT2D eigenvalue weighted by atomic mass is 10.0. The van der Waals surface area contributed by atoms with Crippen molar-refractivity contribution in [1.82, 2.24) is 9.88 Å². The van der Waals surface area contributed by atoms with Gasteiger partial charge in [-0.25, -0.2) is 4.39 Å². The molecule has 1 N–H and O–H groups in total. The van der Waals surface area contributed by atoms with Crippen molar-refractivity contribution in [2.45, 2.75) is 19.8 Å². The minimum absolute atomic E-state index is 0.0186. The number of aromatic nitrogens is 1. The summed E-state index contributed by atoms with van der Waals surface area (Å²) >= 11 is 0. The van der Waals surface area contributed by atoms with Gasteiger partial charge < -0.3 is 14.8 Å². The third-order valence-corrected chi connectivity index (χ3v) is 5.84. The Bertz CT molecular complexity index is 1240. The number of aryl methyl sites for hydroxylation is 2. The first kappa shape index (κ1) is 20.6. The molecule has 1 amide bonds. The van der Waals surface area contributed by atoms with E-state index >= 15 is 0 Å². The maximum absolute atomic E-state index is 14.0. The van der Waals surface area contributed by atoms with Gasteiger partial charge >= 0.3 is 0 Å². The zero-order valence-corrected chi connectivity index (χ0v) is 17.3. The molecule has 0 atom stereocenters. The molecular formula is C24H23FN4O2. The second-order valence-electron chi connectivity index (χ2n) is 7.77. The lowest BCUT2D eigenvalue weighted by Crippen LogP contribution is -2.49. The molecule has 0 radical (unpaired) electrons. The molecule has 2 aromatic carbocycles. The monoisotopic (exact) mass is 418 g/mol. The number of pyridine rings is 1. The van der Waals surface area contributed by atoms with Crippen LogP contribution in [0.2, 0.25) is 0 Å². The largest absolute Gasteiger partial charge is 0.367 e. The first-order chi connectivity index (χ1) is 15.0. The average Bonchev–Trinajstić information content (AvgIpc) is 2.79. The summed E-state index contributed by atoms with van der Waals surface area (Å²) in [4.78, 5) is 31.7. The van der Waals surface area contributed by atoms with Crippen LogP contribution in [0.3, 0.4) is 0 Å². The van der Waals surface area contributed by atoms with E-state index in [1.165, 1.54) is 6.07 Å². The number of fused-ring (bicyclic) bond motifs is 1. The molecular weight excluding hydrogens is 395 g/mol. The first-order valence-corrected chi connectivity index (χ1v) is 10.3. The van der Waals surface area contributed by atoms with E-state index in [4.69, 9.17) is 0 Å². The lowest BCUT2D eigenvalue weighted by Gasteiger charge is -2.36. The smallest absolute Gasteiger partial charge is 0.259 e. The normalized spacial score (nSPS) is 14.0. The van der Waals surface area contributed by atoms with E-state index in [0.29, 0.717) is 49.2 Å². The lowest BCUT2D eigenvalue weighted by molar-refractivity contribution is -0.131. The Morgan fingerprint density at radius 1 is 1.16 bits per heavy atom. The van der Waals surface area contributed by atoms with E-state index in [2.05, 4.69) is 16.0 Å². The number of hydrogen-bond acceptors (Lipinski definition) is 4. The molecule has 2 heterocycles. The van der Waals surface area contributed by atoms with Crippen molar-refractivity contribution in [2.24, 2.45) is 0 Å². The molecule has 1 saturated heterocycles. The molecule has 0 saturated carbocycles. The summed E-state index contributed by atoms with van der Waals surface area (Å²) < 4.78 is 14.0. The Morgan fingerprint density at radius 3 is 2.65 bits per heavy atom. The number of halogens is 1. The minimum atomic E-state index is -0.541. The van der Waals surface area contributed by atoms with Crippen LogP contribution in [0.15, 0.2) is 47.3 Å². The van der Waals surface area contributed by atoms with Crippen molar-refractivity contribution in [3.8, 4) is 6.07 Å². The van der Waals surface area contributed by atoms with Crippen LogP contribution in [0.25, 0.3) is 10.8 Å². The number of piperazine rings is 1. The topological polar surface area (TPSA) is 80.2 Å². The molecule has 0 spiro atoms. The maximum Gasteiger partial charge on any atom is 0.259 e. The number of hydrogen-bond donors (Lipinski definition) is 1. The summed E-state index contributed by atoms with van der Waals surface area (Å²) in [7, 11) is 0. The molecule has 6 nitrogen and oxygen atoms in total. The highest BCUT2D eigenvalue weighted by Crippen LogP contribution is 2.22. The fourth-order valence-electron chi connectivity index (χ4n) is 4.11. The maximum atomic E-state index is 14.0. The molecule has 1 aliphatic heterocycles. The Morgan fingerprint density at radius 2 is 1.90 bits per heavy atom. The number of carbonyl (C=O) groups is 1. The highest BCUT2D eigenvalue weighted by molar-refractivity contribution is 5.85. The van der Waals surface area contributed by atoms with Gasteiger partial charge in [0.15, 0.2) is 0 Å². The standard InChI is InChI=1S/C24H23FN4O2/c1-16-6-8-20(25)23-19(16)14-18(27-24(23)31)7-9-22(30)29-12-10-28(11-13-29)21-5-3-2-4-17(21)15-26/h2-6,8,14H,7,9-13H2,1H3,(H,27,31). The Labute approximate surface area is 179 Å². The van der Waals surface area contributed by atoms with Crippen molar-refractivity contribution in [3.63, 3.8) is 0 Å². The number of nitrogens with zero attached hydrogens (tertiary/aromatic N) is 3. The van der Waals surface area contributed by atoms with Gasteiger partial charge in [0.1, 0.15) is 11.9 Å². The second-order valence-corrected chi connectivity index (χ2v) is 7.77.